The molecule has 0 atom stereocenters. The molecule has 2 aliphatic rings. The quantitative estimate of drug-likeness (QED) is 0.862. The lowest BCUT2D eigenvalue weighted by molar-refractivity contribution is -0.139. The van der Waals surface area contributed by atoms with E-state index < -0.39 is 48.1 Å². The van der Waals surface area contributed by atoms with E-state index in [0.29, 0.717) is 12.8 Å². The van der Waals surface area contributed by atoms with E-state index in [4.69, 9.17) is 5.11 Å². The van der Waals surface area contributed by atoms with E-state index in [1.807, 2.05) is 0 Å². The molecule has 0 bridgehead atoms. The first-order valence-corrected chi connectivity index (χ1v) is 6.87. The van der Waals surface area contributed by atoms with Crippen LogP contribution in [0.1, 0.15) is 53.3 Å². The molecule has 2 aliphatic carbocycles. The minimum absolute atomic E-state index is 0.229. The molecular weight excluding hydrogens is 311 g/mol. The molecule has 1 N–H and O–H groups in total. The van der Waals surface area contributed by atoms with Crippen LogP contribution in [0.15, 0.2) is 0 Å². The van der Waals surface area contributed by atoms with Gasteiger partial charge in [0.15, 0.2) is 5.69 Å². The molecule has 2 saturated carbocycles. The van der Waals surface area contributed by atoms with Crippen LogP contribution in [0.4, 0.5) is 22.0 Å². The minimum atomic E-state index is -4.83. The highest BCUT2D eigenvalue weighted by molar-refractivity contribution is 5.88. The van der Waals surface area contributed by atoms with Crippen LogP contribution in [0, 0.1) is 5.92 Å². The van der Waals surface area contributed by atoms with Crippen molar-refractivity contribution in [3.8, 4) is 0 Å². The van der Waals surface area contributed by atoms with Crippen LogP contribution < -0.4 is 0 Å². The van der Waals surface area contributed by atoms with Gasteiger partial charge in [-0.05, 0) is 18.8 Å². The summed E-state index contributed by atoms with van der Waals surface area (Å²) in [6.07, 6.45) is -4.67. The molecule has 0 unspecified atom stereocenters. The molecule has 0 spiro atoms. The number of carboxylic acids is 1. The summed E-state index contributed by atoms with van der Waals surface area (Å²) in [5, 5.41) is 12.9. The molecule has 0 aromatic carbocycles. The number of carboxylic acid groups (broad SMARTS) is 1. The van der Waals surface area contributed by atoms with E-state index in [0.717, 1.165) is 4.68 Å². The van der Waals surface area contributed by atoms with Crippen molar-refractivity contribution in [3.63, 3.8) is 0 Å². The number of hydrogen-bond acceptors (Lipinski definition) is 2. The van der Waals surface area contributed by atoms with Crippen molar-refractivity contribution in [2.45, 2.75) is 50.2 Å². The Morgan fingerprint density at radius 1 is 1.32 bits per heavy atom. The van der Waals surface area contributed by atoms with Gasteiger partial charge in [0.25, 0.3) is 0 Å². The second kappa shape index (κ2) is 4.66. The zero-order valence-electron chi connectivity index (χ0n) is 11.3. The summed E-state index contributed by atoms with van der Waals surface area (Å²) in [5.74, 6) is -5.49. The lowest BCUT2D eigenvalue weighted by Gasteiger charge is -2.34. The highest BCUT2D eigenvalue weighted by atomic mass is 19.4. The Balaban J connectivity index is 1.97. The first kappa shape index (κ1) is 15.2. The molecule has 0 aliphatic heterocycles. The fraction of sp³-hybridized carbons (Fsp3) is 0.692. The zero-order chi connectivity index (χ0) is 16.3. The van der Waals surface area contributed by atoms with Gasteiger partial charge in [0.05, 0.1) is 5.69 Å². The Kier molecular flexibility index (Phi) is 3.23. The van der Waals surface area contributed by atoms with Gasteiger partial charge >= 0.3 is 12.1 Å². The molecule has 22 heavy (non-hydrogen) atoms. The van der Waals surface area contributed by atoms with E-state index in [-0.39, 0.29) is 18.2 Å². The van der Waals surface area contributed by atoms with Gasteiger partial charge in [-0.3, -0.25) is 4.68 Å². The summed E-state index contributed by atoms with van der Waals surface area (Å²) in [7, 11) is 0. The van der Waals surface area contributed by atoms with Gasteiger partial charge in [0.1, 0.15) is 5.56 Å². The Bertz CT molecular complexity index is 611. The summed E-state index contributed by atoms with van der Waals surface area (Å²) in [6.45, 7) is -0.229. The van der Waals surface area contributed by atoms with Crippen molar-refractivity contribution in [1.29, 1.82) is 0 Å². The van der Waals surface area contributed by atoms with Crippen molar-refractivity contribution in [3.05, 3.63) is 17.0 Å². The maximum Gasteiger partial charge on any atom is 0.420 e. The van der Waals surface area contributed by atoms with Gasteiger partial charge in [-0.2, -0.15) is 18.3 Å². The topological polar surface area (TPSA) is 55.1 Å². The van der Waals surface area contributed by atoms with E-state index in [1.165, 1.54) is 0 Å². The van der Waals surface area contributed by atoms with Crippen molar-refractivity contribution in [2.75, 3.05) is 0 Å². The highest BCUT2D eigenvalue weighted by Crippen LogP contribution is 2.48. The van der Waals surface area contributed by atoms with Crippen molar-refractivity contribution in [2.24, 2.45) is 5.92 Å². The molecule has 1 aromatic rings. The van der Waals surface area contributed by atoms with Crippen molar-refractivity contribution < 1.29 is 31.9 Å². The van der Waals surface area contributed by atoms with Crippen LogP contribution in [-0.2, 0) is 12.7 Å². The molecule has 122 valence electrons. The molecular formula is C13H13F5N2O2. The van der Waals surface area contributed by atoms with E-state index in [9.17, 15) is 26.7 Å². The SMILES string of the molecule is O=C(O)c1c(C(F)(F)F)c(C2CC2)nn1CC1CC(F)(F)C1. The standard InChI is InChI=1S/C13H13F5N2O2/c14-12(15)3-6(4-12)5-20-10(11(21)22)8(13(16,17)18)9(19-20)7-1-2-7/h6-7H,1-5H2,(H,21,22). The molecule has 3 rings (SSSR count). The lowest BCUT2D eigenvalue weighted by atomic mass is 9.81. The van der Waals surface area contributed by atoms with Gasteiger partial charge in [0, 0.05) is 25.3 Å². The second-order valence-electron chi connectivity index (χ2n) is 6.00. The van der Waals surface area contributed by atoms with E-state index in [2.05, 4.69) is 5.10 Å². The van der Waals surface area contributed by atoms with Crippen LogP contribution in [0.3, 0.4) is 0 Å². The number of aromatic nitrogens is 2. The molecule has 0 saturated heterocycles. The van der Waals surface area contributed by atoms with Crippen molar-refractivity contribution in [1.82, 2.24) is 9.78 Å². The number of carbonyl (C=O) groups is 1. The van der Waals surface area contributed by atoms with Gasteiger partial charge in [0.2, 0.25) is 5.92 Å². The number of alkyl halides is 5. The van der Waals surface area contributed by atoms with Crippen LogP contribution in [-0.4, -0.2) is 26.8 Å². The predicted octanol–water partition coefficient (Wildman–Crippen LogP) is 3.52. The first-order valence-electron chi connectivity index (χ1n) is 6.87. The number of hydrogen-bond donors (Lipinski definition) is 1. The molecule has 0 radical (unpaired) electrons. The van der Waals surface area contributed by atoms with Crippen LogP contribution in [0.5, 0.6) is 0 Å². The fourth-order valence-electron chi connectivity index (χ4n) is 2.91. The summed E-state index contributed by atoms with van der Waals surface area (Å²) in [6, 6.07) is 0. The Labute approximate surface area is 121 Å². The van der Waals surface area contributed by atoms with E-state index in [1.54, 1.807) is 0 Å². The Morgan fingerprint density at radius 3 is 2.32 bits per heavy atom. The van der Waals surface area contributed by atoms with Gasteiger partial charge < -0.3 is 5.11 Å². The Hall–Kier alpha value is -1.67. The number of aromatic carboxylic acids is 1. The number of rotatable bonds is 4. The summed E-state index contributed by atoms with van der Waals surface area (Å²) in [4.78, 5) is 11.3. The van der Waals surface area contributed by atoms with Crippen molar-refractivity contribution >= 4 is 5.97 Å². The predicted molar refractivity (Wildman–Crippen MR) is 63.8 cm³/mol. The molecule has 2 fully saturated rings. The van der Waals surface area contributed by atoms with Crippen LogP contribution in [0.25, 0.3) is 0 Å². The lowest BCUT2D eigenvalue weighted by Crippen LogP contribution is -2.38. The third kappa shape index (κ3) is 2.68. The van der Waals surface area contributed by atoms with E-state index >= 15 is 0 Å². The normalized spacial score (nSPS) is 21.7. The number of halogens is 5. The summed E-state index contributed by atoms with van der Waals surface area (Å²) < 4.78 is 66.0. The average molecular weight is 324 g/mol. The summed E-state index contributed by atoms with van der Waals surface area (Å²) in [5.41, 5.74) is -2.44. The zero-order valence-corrected chi connectivity index (χ0v) is 11.3. The molecule has 9 heteroatoms. The molecule has 4 nitrogen and oxygen atoms in total. The molecule has 0 amide bonds. The smallest absolute Gasteiger partial charge is 0.420 e. The third-order valence-electron chi connectivity index (χ3n) is 4.04. The van der Waals surface area contributed by atoms with Crippen LogP contribution in [0.2, 0.25) is 0 Å². The van der Waals surface area contributed by atoms with Crippen LogP contribution >= 0.6 is 0 Å². The largest absolute Gasteiger partial charge is 0.477 e. The first-order chi connectivity index (χ1) is 10.1. The minimum Gasteiger partial charge on any atom is -0.477 e. The van der Waals surface area contributed by atoms with Gasteiger partial charge in [-0.15, -0.1) is 0 Å². The average Bonchev–Trinajstić information content (AvgIpc) is 3.07. The van der Waals surface area contributed by atoms with Gasteiger partial charge in [-0.1, -0.05) is 0 Å². The fourth-order valence-corrected chi connectivity index (χ4v) is 2.91. The third-order valence-corrected chi connectivity index (χ3v) is 4.04. The molecule has 1 heterocycles. The maximum atomic E-state index is 13.2. The molecule has 1 aromatic heterocycles. The number of nitrogens with zero attached hydrogens (tertiary/aromatic N) is 2. The van der Waals surface area contributed by atoms with Gasteiger partial charge in [-0.25, -0.2) is 13.6 Å². The summed E-state index contributed by atoms with van der Waals surface area (Å²) >= 11 is 0. The highest BCUT2D eigenvalue weighted by Gasteiger charge is 2.48. The Morgan fingerprint density at radius 2 is 1.91 bits per heavy atom. The second-order valence-corrected chi connectivity index (χ2v) is 6.00. The monoisotopic (exact) mass is 324 g/mol. The maximum absolute atomic E-state index is 13.2.